The van der Waals surface area contributed by atoms with E-state index >= 15 is 0 Å². The Hall–Kier alpha value is -0.910. The first-order chi connectivity index (χ1) is 6.81. The van der Waals surface area contributed by atoms with Crippen molar-refractivity contribution in [3.63, 3.8) is 0 Å². The highest BCUT2D eigenvalue weighted by atomic mass is 127. The van der Waals surface area contributed by atoms with Crippen LogP contribution in [0.2, 0.25) is 0 Å². The van der Waals surface area contributed by atoms with Crippen molar-refractivity contribution in [3.8, 4) is 11.5 Å². The number of nitrogens with zero attached hydrogens (tertiary/aromatic N) is 2. The van der Waals surface area contributed by atoms with Gasteiger partial charge in [0, 0.05) is 28.2 Å². The molecule has 0 aliphatic rings. The molecule has 0 N–H and O–H groups in total. The third-order valence-corrected chi connectivity index (χ3v) is 2.47. The number of halogens is 1. The van der Waals surface area contributed by atoms with E-state index in [1.807, 2.05) is 40.8 Å². The van der Waals surface area contributed by atoms with Crippen molar-refractivity contribution in [2.75, 3.05) is 0 Å². The van der Waals surface area contributed by atoms with Gasteiger partial charge in [-0.25, -0.2) is 0 Å². The quantitative estimate of drug-likeness (QED) is 0.801. The third kappa shape index (κ3) is 1.79. The van der Waals surface area contributed by atoms with Crippen molar-refractivity contribution in [2.45, 2.75) is 13.3 Å². The molecule has 72 valence electrons. The lowest BCUT2D eigenvalue weighted by Crippen LogP contribution is -1.86. The minimum absolute atomic E-state index is 0.604. The van der Waals surface area contributed by atoms with Gasteiger partial charge in [-0.05, 0) is 18.1 Å². The van der Waals surface area contributed by atoms with E-state index < -0.39 is 0 Å². The maximum Gasteiger partial charge on any atom is 0.258 e. The molecule has 0 radical (unpaired) electrons. The highest BCUT2D eigenvalue weighted by molar-refractivity contribution is 14.1. The highest BCUT2D eigenvalue weighted by Gasteiger charge is 2.09. The van der Waals surface area contributed by atoms with Gasteiger partial charge in [-0.15, -0.1) is 0 Å². The zero-order valence-electron chi connectivity index (χ0n) is 7.70. The molecule has 0 aliphatic heterocycles. The van der Waals surface area contributed by atoms with Gasteiger partial charge in [0.05, 0.1) is 0 Å². The summed E-state index contributed by atoms with van der Waals surface area (Å²) in [5.74, 6) is 0.604. The van der Waals surface area contributed by atoms with Crippen LogP contribution in [-0.4, -0.2) is 10.1 Å². The second-order valence-electron chi connectivity index (χ2n) is 2.88. The topological polar surface area (TPSA) is 38.9 Å². The molecule has 3 nitrogen and oxygen atoms in total. The van der Waals surface area contributed by atoms with E-state index in [4.69, 9.17) is 4.52 Å². The third-order valence-electron chi connectivity index (χ3n) is 2.03. The Bertz CT molecular complexity index is 439. The minimum Gasteiger partial charge on any atom is -0.333 e. The Balaban J connectivity index is 2.50. The van der Waals surface area contributed by atoms with Crippen LogP contribution < -0.4 is 0 Å². The molecule has 0 saturated heterocycles. The van der Waals surface area contributed by atoms with Crippen LogP contribution in [0.4, 0.5) is 0 Å². The SMILES string of the molecule is CCc1ccccc1-c1nc(I)no1. The molecule has 0 atom stereocenters. The van der Waals surface area contributed by atoms with Crippen LogP contribution in [-0.2, 0) is 6.42 Å². The molecule has 0 fully saturated rings. The molecule has 14 heavy (non-hydrogen) atoms. The van der Waals surface area contributed by atoms with Gasteiger partial charge in [-0.3, -0.25) is 0 Å². The molecule has 0 saturated carbocycles. The number of aromatic nitrogens is 2. The number of benzene rings is 1. The average molecular weight is 300 g/mol. The van der Waals surface area contributed by atoms with Gasteiger partial charge in [0.2, 0.25) is 3.83 Å². The first kappa shape index (κ1) is 9.64. The lowest BCUT2D eigenvalue weighted by molar-refractivity contribution is 0.425. The summed E-state index contributed by atoms with van der Waals surface area (Å²) in [5.41, 5.74) is 2.26. The Morgan fingerprint density at radius 1 is 1.36 bits per heavy atom. The van der Waals surface area contributed by atoms with Gasteiger partial charge in [-0.1, -0.05) is 30.3 Å². The van der Waals surface area contributed by atoms with Gasteiger partial charge in [0.15, 0.2) is 0 Å². The van der Waals surface area contributed by atoms with E-state index in [9.17, 15) is 0 Å². The maximum atomic E-state index is 5.12. The predicted molar refractivity (Wildman–Crippen MR) is 61.8 cm³/mol. The van der Waals surface area contributed by atoms with Crippen LogP contribution >= 0.6 is 22.6 Å². The highest BCUT2D eigenvalue weighted by Crippen LogP contribution is 2.22. The summed E-state index contributed by atoms with van der Waals surface area (Å²) < 4.78 is 5.77. The summed E-state index contributed by atoms with van der Waals surface area (Å²) in [5, 5.41) is 3.77. The lowest BCUT2D eigenvalue weighted by Gasteiger charge is -2.01. The van der Waals surface area contributed by atoms with Gasteiger partial charge in [0.25, 0.3) is 5.89 Å². The first-order valence-electron chi connectivity index (χ1n) is 4.38. The fourth-order valence-corrected chi connectivity index (χ4v) is 1.67. The summed E-state index contributed by atoms with van der Waals surface area (Å²) in [7, 11) is 0. The molecule has 0 unspecified atom stereocenters. The Kier molecular flexibility index (Phi) is 2.81. The maximum absolute atomic E-state index is 5.12. The van der Waals surface area contributed by atoms with Crippen molar-refractivity contribution < 1.29 is 4.52 Å². The van der Waals surface area contributed by atoms with E-state index in [0.29, 0.717) is 9.72 Å². The van der Waals surface area contributed by atoms with Gasteiger partial charge >= 0.3 is 0 Å². The monoisotopic (exact) mass is 300 g/mol. The van der Waals surface area contributed by atoms with E-state index in [1.165, 1.54) is 5.56 Å². The van der Waals surface area contributed by atoms with Crippen LogP contribution in [0.5, 0.6) is 0 Å². The van der Waals surface area contributed by atoms with Gasteiger partial charge < -0.3 is 4.52 Å². The molecular formula is C10H9IN2O. The van der Waals surface area contributed by atoms with Crippen LogP contribution in [0.1, 0.15) is 12.5 Å². The summed E-state index contributed by atoms with van der Waals surface area (Å²) in [4.78, 5) is 4.20. The van der Waals surface area contributed by atoms with Crippen LogP contribution in [0.25, 0.3) is 11.5 Å². The molecule has 0 amide bonds. The smallest absolute Gasteiger partial charge is 0.258 e. The first-order valence-corrected chi connectivity index (χ1v) is 5.46. The van der Waals surface area contributed by atoms with Gasteiger partial charge in [-0.2, -0.15) is 4.98 Å². The molecule has 0 bridgehead atoms. The standard InChI is InChI=1S/C10H9IN2O/c1-2-7-5-3-4-6-8(7)9-12-10(11)13-14-9/h3-6H,2H2,1H3. The van der Waals surface area contributed by atoms with Crippen molar-refractivity contribution >= 4 is 22.6 Å². The normalized spacial score (nSPS) is 10.4. The number of hydrogen-bond donors (Lipinski definition) is 0. The lowest BCUT2D eigenvalue weighted by atomic mass is 10.1. The molecular weight excluding hydrogens is 291 g/mol. The largest absolute Gasteiger partial charge is 0.333 e. The second-order valence-corrected chi connectivity index (χ2v) is 3.84. The zero-order valence-corrected chi connectivity index (χ0v) is 9.85. The van der Waals surface area contributed by atoms with Crippen molar-refractivity contribution in [1.82, 2.24) is 10.1 Å². The van der Waals surface area contributed by atoms with E-state index in [-0.39, 0.29) is 0 Å². The van der Waals surface area contributed by atoms with E-state index in [1.54, 1.807) is 0 Å². The second kappa shape index (κ2) is 4.08. The molecule has 2 rings (SSSR count). The summed E-state index contributed by atoms with van der Waals surface area (Å²) in [6.45, 7) is 2.11. The zero-order chi connectivity index (χ0) is 9.97. The van der Waals surface area contributed by atoms with Crippen LogP contribution in [0, 0.1) is 3.83 Å². The molecule has 0 aliphatic carbocycles. The van der Waals surface area contributed by atoms with E-state index in [2.05, 4.69) is 23.1 Å². The molecule has 2 aromatic rings. The fraction of sp³-hybridized carbons (Fsp3) is 0.200. The molecule has 1 aromatic heterocycles. The van der Waals surface area contributed by atoms with Crippen LogP contribution in [0.15, 0.2) is 28.8 Å². The fourth-order valence-electron chi connectivity index (χ4n) is 1.35. The van der Waals surface area contributed by atoms with Crippen molar-refractivity contribution in [3.05, 3.63) is 33.7 Å². The molecule has 1 aromatic carbocycles. The number of hydrogen-bond acceptors (Lipinski definition) is 3. The summed E-state index contributed by atoms with van der Waals surface area (Å²) in [6.07, 6.45) is 0.967. The van der Waals surface area contributed by atoms with Crippen molar-refractivity contribution in [1.29, 1.82) is 0 Å². The Morgan fingerprint density at radius 3 is 2.79 bits per heavy atom. The minimum atomic E-state index is 0.604. The van der Waals surface area contributed by atoms with E-state index in [0.717, 1.165) is 12.0 Å². The Morgan fingerprint density at radius 2 is 2.14 bits per heavy atom. The van der Waals surface area contributed by atoms with Crippen molar-refractivity contribution in [2.24, 2.45) is 0 Å². The number of aryl methyl sites for hydroxylation is 1. The average Bonchev–Trinajstić information content (AvgIpc) is 2.65. The predicted octanol–water partition coefficient (Wildman–Crippen LogP) is 2.90. The van der Waals surface area contributed by atoms with Gasteiger partial charge in [0.1, 0.15) is 0 Å². The molecule has 4 heteroatoms. The summed E-state index contributed by atoms with van der Waals surface area (Å²) >= 11 is 2.04. The molecule has 0 spiro atoms. The Labute approximate surface area is 95.7 Å². The molecule has 1 heterocycles. The van der Waals surface area contributed by atoms with Crippen LogP contribution in [0.3, 0.4) is 0 Å². The number of rotatable bonds is 2. The summed E-state index contributed by atoms with van der Waals surface area (Å²) in [6, 6.07) is 8.07.